The fourth-order valence-electron chi connectivity index (χ4n) is 2.70. The van der Waals surface area contributed by atoms with E-state index in [4.69, 9.17) is 0 Å². The van der Waals surface area contributed by atoms with Gasteiger partial charge in [0.15, 0.2) is 5.16 Å². The number of aromatic amines is 1. The van der Waals surface area contributed by atoms with Crippen LogP contribution < -0.4 is 5.32 Å². The van der Waals surface area contributed by atoms with Gasteiger partial charge in [-0.05, 0) is 18.6 Å². The number of hydrogen-bond donors (Lipinski definition) is 2. The summed E-state index contributed by atoms with van der Waals surface area (Å²) >= 11 is 1.50. The molecular weight excluding hydrogens is 340 g/mol. The Kier molecular flexibility index (Phi) is 5.99. The van der Waals surface area contributed by atoms with Crippen molar-refractivity contribution in [2.45, 2.75) is 24.5 Å². The van der Waals surface area contributed by atoms with Crippen LogP contribution in [0.4, 0.5) is 0 Å². The molecule has 2 N–H and O–H groups in total. The molecule has 1 saturated heterocycles. The number of amides is 2. The highest BCUT2D eigenvalue weighted by molar-refractivity contribution is 7.99. The molecule has 8 nitrogen and oxygen atoms in total. The van der Waals surface area contributed by atoms with E-state index in [0.717, 1.165) is 10.9 Å². The van der Waals surface area contributed by atoms with Crippen LogP contribution >= 0.6 is 11.8 Å². The summed E-state index contributed by atoms with van der Waals surface area (Å²) in [5.41, 5.74) is 0.834. The van der Waals surface area contributed by atoms with Crippen molar-refractivity contribution in [1.82, 2.24) is 30.4 Å². The number of likely N-dealkylation sites (tertiary alicyclic amines) is 1. The van der Waals surface area contributed by atoms with E-state index in [-0.39, 0.29) is 17.7 Å². The van der Waals surface area contributed by atoms with Crippen LogP contribution in [0.3, 0.4) is 0 Å². The normalized spacial score (nSPS) is 17.5. The molecule has 3 heterocycles. The van der Waals surface area contributed by atoms with Gasteiger partial charge in [-0.15, -0.1) is 0 Å². The van der Waals surface area contributed by atoms with E-state index in [9.17, 15) is 9.59 Å². The first-order valence-corrected chi connectivity index (χ1v) is 9.14. The smallest absolute Gasteiger partial charge is 0.224 e. The van der Waals surface area contributed by atoms with Crippen molar-refractivity contribution in [2.24, 2.45) is 5.92 Å². The van der Waals surface area contributed by atoms with Gasteiger partial charge in [0.25, 0.3) is 0 Å². The summed E-state index contributed by atoms with van der Waals surface area (Å²) in [7, 11) is 0. The number of thioether (sulfide) groups is 1. The molecule has 0 bridgehead atoms. The Bertz CT molecular complexity index is 694. The third-order valence-electron chi connectivity index (χ3n) is 3.98. The van der Waals surface area contributed by atoms with Gasteiger partial charge in [-0.1, -0.05) is 17.8 Å². The topological polar surface area (TPSA) is 104 Å². The monoisotopic (exact) mass is 360 g/mol. The maximum atomic E-state index is 12.4. The minimum absolute atomic E-state index is 0.00306. The average Bonchev–Trinajstić information content (AvgIpc) is 3.15. The van der Waals surface area contributed by atoms with Crippen LogP contribution in [-0.2, 0) is 16.1 Å². The molecule has 1 atom stereocenters. The fourth-order valence-corrected chi connectivity index (χ4v) is 3.34. The zero-order valence-corrected chi connectivity index (χ0v) is 14.5. The molecule has 1 aliphatic heterocycles. The van der Waals surface area contributed by atoms with Crippen LogP contribution in [0.2, 0.25) is 0 Å². The third-order valence-corrected chi connectivity index (χ3v) is 4.86. The Morgan fingerprint density at radius 3 is 3.08 bits per heavy atom. The van der Waals surface area contributed by atoms with Crippen molar-refractivity contribution in [3.05, 3.63) is 36.4 Å². The summed E-state index contributed by atoms with van der Waals surface area (Å²) in [6.07, 6.45) is 4.16. The van der Waals surface area contributed by atoms with E-state index >= 15 is 0 Å². The molecule has 0 saturated carbocycles. The molecule has 1 fully saturated rings. The second-order valence-corrected chi connectivity index (χ2v) is 6.84. The molecule has 25 heavy (non-hydrogen) atoms. The maximum absolute atomic E-state index is 12.4. The second-order valence-electron chi connectivity index (χ2n) is 5.76. The molecule has 0 spiro atoms. The van der Waals surface area contributed by atoms with Gasteiger partial charge in [-0.3, -0.25) is 19.7 Å². The van der Waals surface area contributed by atoms with Crippen molar-refractivity contribution in [1.29, 1.82) is 0 Å². The Morgan fingerprint density at radius 2 is 2.32 bits per heavy atom. The van der Waals surface area contributed by atoms with Crippen LogP contribution in [0.5, 0.6) is 0 Å². The second kappa shape index (κ2) is 8.61. The fraction of sp³-hybridized carbons (Fsp3) is 0.438. The van der Waals surface area contributed by atoms with Crippen molar-refractivity contribution >= 4 is 23.6 Å². The molecule has 0 unspecified atom stereocenters. The number of nitrogens with one attached hydrogen (secondary N) is 2. The van der Waals surface area contributed by atoms with Crippen LogP contribution in [0.15, 0.2) is 35.9 Å². The van der Waals surface area contributed by atoms with Crippen LogP contribution in [0.1, 0.15) is 18.5 Å². The highest BCUT2D eigenvalue weighted by atomic mass is 32.2. The average molecular weight is 360 g/mol. The minimum atomic E-state index is -0.170. The number of nitrogens with zero attached hydrogens (tertiary/aromatic N) is 4. The van der Waals surface area contributed by atoms with Gasteiger partial charge in [0.1, 0.15) is 6.33 Å². The summed E-state index contributed by atoms with van der Waals surface area (Å²) in [4.78, 5) is 34.4. The summed E-state index contributed by atoms with van der Waals surface area (Å²) in [6.45, 7) is 1.44. The lowest BCUT2D eigenvalue weighted by molar-refractivity contribution is -0.138. The number of piperidine rings is 1. The summed E-state index contributed by atoms with van der Waals surface area (Å²) in [6, 6.07) is 5.62. The Morgan fingerprint density at radius 1 is 1.40 bits per heavy atom. The van der Waals surface area contributed by atoms with E-state index in [1.54, 1.807) is 11.1 Å². The highest BCUT2D eigenvalue weighted by Gasteiger charge is 2.30. The van der Waals surface area contributed by atoms with Crippen molar-refractivity contribution < 1.29 is 9.59 Å². The zero-order valence-electron chi connectivity index (χ0n) is 13.7. The molecule has 1 aliphatic rings. The Hall–Kier alpha value is -2.42. The van der Waals surface area contributed by atoms with Gasteiger partial charge in [0.05, 0.1) is 18.2 Å². The van der Waals surface area contributed by atoms with Gasteiger partial charge >= 0.3 is 0 Å². The van der Waals surface area contributed by atoms with Gasteiger partial charge in [-0.25, -0.2) is 4.98 Å². The standard InChI is InChI=1S/C16H20N6O2S/c23-14-5-4-12(9-22(14)10-13-3-1-2-6-17-13)15(24)18-7-8-25-16-19-11-20-21-16/h1-3,6,11-12H,4-5,7-10H2,(H,18,24)(H,19,20,21)/t12-/m0/s1. The lowest BCUT2D eigenvalue weighted by Crippen LogP contribution is -2.45. The maximum Gasteiger partial charge on any atom is 0.224 e. The molecule has 0 aliphatic carbocycles. The predicted octanol–water partition coefficient (Wildman–Crippen LogP) is 0.847. The van der Waals surface area contributed by atoms with Crippen molar-refractivity contribution in [3.8, 4) is 0 Å². The van der Waals surface area contributed by atoms with Gasteiger partial charge in [0.2, 0.25) is 11.8 Å². The van der Waals surface area contributed by atoms with Gasteiger partial charge < -0.3 is 10.2 Å². The van der Waals surface area contributed by atoms with E-state index in [0.29, 0.717) is 38.2 Å². The number of pyridine rings is 1. The lowest BCUT2D eigenvalue weighted by Gasteiger charge is -2.31. The molecule has 132 valence electrons. The van der Waals surface area contributed by atoms with Gasteiger partial charge in [0, 0.05) is 31.5 Å². The van der Waals surface area contributed by atoms with E-state index < -0.39 is 0 Å². The van der Waals surface area contributed by atoms with E-state index in [1.807, 2.05) is 18.2 Å². The van der Waals surface area contributed by atoms with Gasteiger partial charge in [-0.2, -0.15) is 5.10 Å². The zero-order chi connectivity index (χ0) is 17.5. The molecule has 0 aromatic carbocycles. The molecule has 9 heteroatoms. The molecular formula is C16H20N6O2S. The third kappa shape index (κ3) is 5.02. The molecule has 0 radical (unpaired) electrons. The van der Waals surface area contributed by atoms with Crippen molar-refractivity contribution in [2.75, 3.05) is 18.8 Å². The number of rotatable bonds is 7. The van der Waals surface area contributed by atoms with E-state index in [2.05, 4.69) is 25.5 Å². The van der Waals surface area contributed by atoms with Crippen LogP contribution in [-0.4, -0.2) is 55.7 Å². The largest absolute Gasteiger partial charge is 0.355 e. The van der Waals surface area contributed by atoms with Crippen molar-refractivity contribution in [3.63, 3.8) is 0 Å². The summed E-state index contributed by atoms with van der Waals surface area (Å²) in [5, 5.41) is 10.2. The number of H-pyrrole nitrogens is 1. The first kappa shape index (κ1) is 17.4. The SMILES string of the molecule is O=C(NCCSc1ncn[nH]1)[C@H]1CCC(=O)N(Cc2ccccn2)C1. The molecule has 2 aromatic heterocycles. The number of carbonyl (C=O) groups excluding carboxylic acids is 2. The lowest BCUT2D eigenvalue weighted by atomic mass is 9.96. The molecule has 2 aromatic rings. The number of aromatic nitrogens is 4. The Balaban J connectivity index is 1.45. The molecule has 3 rings (SSSR count). The quantitative estimate of drug-likeness (QED) is 0.560. The van der Waals surface area contributed by atoms with Crippen LogP contribution in [0, 0.1) is 5.92 Å². The first-order valence-electron chi connectivity index (χ1n) is 8.16. The highest BCUT2D eigenvalue weighted by Crippen LogP contribution is 2.19. The summed E-state index contributed by atoms with van der Waals surface area (Å²) in [5.74, 6) is 0.619. The van der Waals surface area contributed by atoms with E-state index in [1.165, 1.54) is 18.1 Å². The predicted molar refractivity (Wildman–Crippen MR) is 92.5 cm³/mol. The minimum Gasteiger partial charge on any atom is -0.355 e. The first-order chi connectivity index (χ1) is 12.2. The van der Waals surface area contributed by atoms with Crippen LogP contribution in [0.25, 0.3) is 0 Å². The Labute approximate surface area is 149 Å². The summed E-state index contributed by atoms with van der Waals surface area (Å²) < 4.78 is 0. The molecule has 2 amide bonds. The number of hydrogen-bond acceptors (Lipinski definition) is 6. The number of carbonyl (C=O) groups is 2.